The maximum atomic E-state index is 13.4. The molecule has 0 amide bonds. The molecule has 4 atom stereocenters. The quantitative estimate of drug-likeness (QED) is 0.532. The zero-order valence-electron chi connectivity index (χ0n) is 11.8. The third-order valence-electron chi connectivity index (χ3n) is 4.14. The van der Waals surface area contributed by atoms with E-state index < -0.39 is 36.7 Å². The Labute approximate surface area is 129 Å². The zero-order chi connectivity index (χ0) is 16.8. The Hall–Kier alpha value is -2.32. The zero-order valence-corrected chi connectivity index (χ0v) is 11.8. The van der Waals surface area contributed by atoms with Crippen LogP contribution in [0.1, 0.15) is 5.69 Å². The van der Waals surface area contributed by atoms with E-state index in [9.17, 15) is 25.0 Å². The highest BCUT2D eigenvalue weighted by atomic mass is 19.1. The molecule has 1 aliphatic heterocycles. The number of nitrogens with zero attached hydrogens (tertiary/aromatic N) is 4. The summed E-state index contributed by atoms with van der Waals surface area (Å²) in [4.78, 5) is 3.80. The van der Waals surface area contributed by atoms with Crippen LogP contribution < -0.4 is 5.73 Å². The van der Waals surface area contributed by atoms with Crippen molar-refractivity contribution in [1.82, 2.24) is 14.6 Å². The fourth-order valence-electron chi connectivity index (χ4n) is 2.81. The van der Waals surface area contributed by atoms with E-state index in [2.05, 4.69) is 10.1 Å². The van der Waals surface area contributed by atoms with Crippen molar-refractivity contribution in [1.29, 1.82) is 5.26 Å². The van der Waals surface area contributed by atoms with Crippen LogP contribution in [0.25, 0.3) is 5.52 Å². The molecule has 9 nitrogen and oxygen atoms in total. The highest BCUT2D eigenvalue weighted by Gasteiger charge is 2.64. The lowest BCUT2D eigenvalue weighted by Gasteiger charge is -2.28. The molecule has 0 saturated carbocycles. The Morgan fingerprint density at radius 3 is 2.74 bits per heavy atom. The lowest BCUT2D eigenvalue weighted by Crippen LogP contribution is -2.48. The fraction of sp³-hybridized carbons (Fsp3) is 0.462. The molecule has 1 saturated heterocycles. The lowest BCUT2D eigenvalue weighted by atomic mass is 9.89. The molecule has 0 radical (unpaired) electrons. The van der Waals surface area contributed by atoms with Crippen LogP contribution >= 0.6 is 0 Å². The molecule has 0 bridgehead atoms. The van der Waals surface area contributed by atoms with Crippen molar-refractivity contribution in [2.75, 3.05) is 19.0 Å². The van der Waals surface area contributed by atoms with Crippen molar-refractivity contribution < 1.29 is 24.4 Å². The van der Waals surface area contributed by atoms with E-state index in [1.54, 1.807) is 6.07 Å². The van der Waals surface area contributed by atoms with Gasteiger partial charge in [-0.25, -0.2) is 13.9 Å². The summed E-state index contributed by atoms with van der Waals surface area (Å²) in [5.74, 6) is 0.131. The third kappa shape index (κ3) is 1.85. The topological polar surface area (TPSA) is 150 Å². The number of nitriles is 1. The van der Waals surface area contributed by atoms with Crippen LogP contribution in [0.3, 0.4) is 0 Å². The highest BCUT2D eigenvalue weighted by molar-refractivity contribution is 5.66. The molecule has 1 aliphatic rings. The third-order valence-corrected chi connectivity index (χ3v) is 4.14. The number of hydrogen-bond acceptors (Lipinski definition) is 8. The molecule has 2 aromatic heterocycles. The van der Waals surface area contributed by atoms with Crippen molar-refractivity contribution in [3.63, 3.8) is 0 Å². The minimum absolute atomic E-state index is 0.0411. The van der Waals surface area contributed by atoms with E-state index >= 15 is 0 Å². The average Bonchev–Trinajstić information content (AvgIpc) is 3.09. The largest absolute Gasteiger partial charge is 0.393 e. The number of nitrogens with two attached hydrogens (primary N) is 1. The predicted octanol–water partition coefficient (Wildman–Crippen LogP) is -1.52. The lowest BCUT2D eigenvalue weighted by molar-refractivity contribution is -0.144. The number of halogens is 1. The molecule has 0 aromatic carbocycles. The number of alkyl halides is 1. The number of nitrogen functional groups attached to an aromatic ring is 1. The Kier molecular flexibility index (Phi) is 3.46. The molecular weight excluding hydrogens is 309 g/mol. The number of aromatic nitrogens is 3. The summed E-state index contributed by atoms with van der Waals surface area (Å²) in [6, 6.07) is 4.67. The van der Waals surface area contributed by atoms with E-state index in [4.69, 9.17) is 10.5 Å². The Balaban J connectivity index is 2.23. The maximum absolute atomic E-state index is 13.4. The van der Waals surface area contributed by atoms with Gasteiger partial charge in [0, 0.05) is 0 Å². The van der Waals surface area contributed by atoms with Gasteiger partial charge in [-0.15, -0.1) is 0 Å². The number of aliphatic hydroxyl groups is 3. The molecule has 5 N–H and O–H groups in total. The van der Waals surface area contributed by atoms with Gasteiger partial charge in [-0.2, -0.15) is 10.4 Å². The summed E-state index contributed by atoms with van der Waals surface area (Å²) in [5.41, 5.74) is 1.88. The first-order chi connectivity index (χ1) is 11.0. The van der Waals surface area contributed by atoms with E-state index in [1.807, 2.05) is 0 Å². The standard InChI is InChI=1S/C13H14FN5O4/c14-3-12(5-20)9(21)10(22)13(4-15,23-12)8-2-1-7-11(16)17-6-18-19(7)8/h1-2,6,9-10,20-22H,3,5H2,(H2,16,17,18)/t9-,10+,12+,13-/m0/s1. The smallest absolute Gasteiger partial charge is 0.225 e. The average molecular weight is 323 g/mol. The van der Waals surface area contributed by atoms with Crippen molar-refractivity contribution in [3.8, 4) is 6.07 Å². The summed E-state index contributed by atoms with van der Waals surface area (Å²) in [6.45, 7) is -2.20. The van der Waals surface area contributed by atoms with Gasteiger partial charge in [0.1, 0.15) is 36.8 Å². The number of ether oxygens (including phenoxy) is 1. The number of aliphatic hydroxyl groups excluding tert-OH is 3. The second-order valence-corrected chi connectivity index (χ2v) is 5.36. The molecule has 23 heavy (non-hydrogen) atoms. The van der Waals surface area contributed by atoms with Gasteiger partial charge in [0.15, 0.2) is 11.4 Å². The van der Waals surface area contributed by atoms with E-state index in [1.165, 1.54) is 16.6 Å². The number of hydrogen-bond donors (Lipinski definition) is 4. The summed E-state index contributed by atoms with van der Waals surface area (Å²) in [6.07, 6.45) is -2.46. The monoisotopic (exact) mass is 323 g/mol. The van der Waals surface area contributed by atoms with Crippen LogP contribution in [0.4, 0.5) is 10.2 Å². The van der Waals surface area contributed by atoms with Gasteiger partial charge in [0.05, 0.1) is 12.3 Å². The molecule has 0 aliphatic carbocycles. The minimum Gasteiger partial charge on any atom is -0.393 e. The molecule has 2 aromatic rings. The van der Waals surface area contributed by atoms with Crippen LogP contribution in [0.2, 0.25) is 0 Å². The first-order valence-electron chi connectivity index (χ1n) is 6.69. The molecule has 1 fully saturated rings. The Morgan fingerprint density at radius 2 is 2.17 bits per heavy atom. The Bertz CT molecular complexity index is 786. The van der Waals surface area contributed by atoms with Gasteiger partial charge < -0.3 is 25.8 Å². The van der Waals surface area contributed by atoms with Crippen molar-refractivity contribution in [2.45, 2.75) is 23.4 Å². The fourth-order valence-corrected chi connectivity index (χ4v) is 2.81. The molecule has 0 unspecified atom stereocenters. The van der Waals surface area contributed by atoms with Gasteiger partial charge >= 0.3 is 0 Å². The molecule has 122 valence electrons. The Morgan fingerprint density at radius 1 is 1.43 bits per heavy atom. The van der Waals surface area contributed by atoms with Gasteiger partial charge in [-0.3, -0.25) is 0 Å². The molecule has 3 rings (SSSR count). The van der Waals surface area contributed by atoms with E-state index in [-0.39, 0.29) is 11.5 Å². The first-order valence-corrected chi connectivity index (χ1v) is 6.69. The van der Waals surface area contributed by atoms with Crippen LogP contribution in [-0.4, -0.2) is 61.0 Å². The van der Waals surface area contributed by atoms with Crippen molar-refractivity contribution in [2.24, 2.45) is 0 Å². The molecule has 3 heterocycles. The second kappa shape index (κ2) is 5.10. The molecule has 10 heteroatoms. The minimum atomic E-state index is -2.12. The van der Waals surface area contributed by atoms with Gasteiger partial charge in [0.2, 0.25) is 5.60 Å². The summed E-state index contributed by atoms with van der Waals surface area (Å²) >= 11 is 0. The number of fused-ring (bicyclic) bond motifs is 1. The SMILES string of the molecule is N#C[C@@]1(c2ccc3c(N)ncnn23)O[C@@](CO)(CF)[C@@H](O)[C@H]1O. The van der Waals surface area contributed by atoms with Gasteiger partial charge in [-0.1, -0.05) is 0 Å². The van der Waals surface area contributed by atoms with E-state index in [0.29, 0.717) is 5.52 Å². The van der Waals surface area contributed by atoms with Crippen LogP contribution in [0, 0.1) is 11.3 Å². The molecular formula is C13H14FN5O4. The van der Waals surface area contributed by atoms with Crippen LogP contribution in [0.5, 0.6) is 0 Å². The van der Waals surface area contributed by atoms with Crippen molar-refractivity contribution in [3.05, 3.63) is 24.2 Å². The number of rotatable bonds is 3. The van der Waals surface area contributed by atoms with Crippen LogP contribution in [-0.2, 0) is 10.3 Å². The summed E-state index contributed by atoms with van der Waals surface area (Å²) in [5, 5.41) is 43.4. The predicted molar refractivity (Wildman–Crippen MR) is 73.6 cm³/mol. The van der Waals surface area contributed by atoms with Gasteiger partial charge in [-0.05, 0) is 12.1 Å². The molecule has 0 spiro atoms. The van der Waals surface area contributed by atoms with Crippen LogP contribution in [0.15, 0.2) is 18.5 Å². The highest BCUT2D eigenvalue weighted by Crippen LogP contribution is 2.45. The summed E-state index contributed by atoms with van der Waals surface area (Å²) < 4.78 is 20.0. The number of anilines is 1. The van der Waals surface area contributed by atoms with Crippen molar-refractivity contribution >= 4 is 11.3 Å². The maximum Gasteiger partial charge on any atom is 0.225 e. The van der Waals surface area contributed by atoms with E-state index in [0.717, 1.165) is 6.33 Å². The normalized spacial score (nSPS) is 33.9. The first kappa shape index (κ1) is 15.6. The second-order valence-electron chi connectivity index (χ2n) is 5.36. The van der Waals surface area contributed by atoms with Gasteiger partial charge in [0.25, 0.3) is 0 Å². The summed E-state index contributed by atoms with van der Waals surface area (Å²) in [7, 11) is 0.